The quantitative estimate of drug-likeness (QED) is 0.224. The zero-order valence-electron chi connectivity index (χ0n) is 26.0. The molecule has 5 aliphatic carbocycles. The molecule has 5 N–H and O–H groups in total. The van der Waals surface area contributed by atoms with Gasteiger partial charge in [0.15, 0.2) is 5.60 Å². The number of carbonyl (C=O) groups excluding carboxylic acids is 2. The van der Waals surface area contributed by atoms with Gasteiger partial charge >= 0.3 is 11.9 Å². The molecule has 15 atom stereocenters. The summed E-state index contributed by atoms with van der Waals surface area (Å²) >= 11 is 0. The number of nitrogens with zero attached hydrogens (tertiary/aromatic N) is 1. The zero-order chi connectivity index (χ0) is 32.5. The van der Waals surface area contributed by atoms with Gasteiger partial charge in [-0.15, -0.1) is 0 Å². The van der Waals surface area contributed by atoms with E-state index in [4.69, 9.17) is 23.7 Å². The lowest BCUT2D eigenvalue weighted by Gasteiger charge is -2.72. The van der Waals surface area contributed by atoms with E-state index < -0.39 is 106 Å². The van der Waals surface area contributed by atoms with Gasteiger partial charge in [-0.1, -0.05) is 18.2 Å². The van der Waals surface area contributed by atoms with Crippen LogP contribution in [0, 0.1) is 28.6 Å². The number of methoxy groups -OCH3 is 3. The number of benzene rings is 1. The number of hydrogen-bond acceptors (Lipinski definition) is 13. The average molecular weight is 634 g/mol. The molecule has 13 heteroatoms. The summed E-state index contributed by atoms with van der Waals surface area (Å²) in [5.41, 5.74) is -8.68. The number of piperidine rings is 1. The molecule has 248 valence electrons. The standard InChI is InChI=1S/C32H43NO12/c1-15(34)45-32-19-20(36)21-28(14-41-3)13-33(2)23(19)31(21,18(42-4)11-17(28)35)30(40)12-29(39,26(43-5)24(32)37)25(22(30)32)44-27(38)16-9-7-6-8-10-16/h6-10,17-26,35-37,39-40H,11-14H2,1-5H3/t17-,18+,19+,20+,21-,22+,23?,24+,25-,26-,28+,29-,30+,31-,32+/m0/s1. The molecule has 1 saturated heterocycles. The largest absolute Gasteiger partial charge is 0.455 e. The molecular weight excluding hydrogens is 590 g/mol. The highest BCUT2D eigenvalue weighted by atomic mass is 16.6. The number of aliphatic hydroxyl groups excluding tert-OH is 3. The molecule has 1 heterocycles. The average Bonchev–Trinajstić information content (AvgIpc) is 3.33. The Balaban J connectivity index is 1.54. The van der Waals surface area contributed by atoms with Crippen molar-refractivity contribution in [3.05, 3.63) is 35.9 Å². The van der Waals surface area contributed by atoms with Crippen LogP contribution in [0.15, 0.2) is 30.3 Å². The Hall–Kier alpha value is -2.20. The molecule has 6 aliphatic rings. The van der Waals surface area contributed by atoms with Gasteiger partial charge in [-0.25, -0.2) is 4.79 Å². The van der Waals surface area contributed by atoms with Crippen molar-refractivity contribution in [2.24, 2.45) is 28.6 Å². The van der Waals surface area contributed by atoms with Crippen LogP contribution in [0.25, 0.3) is 0 Å². The first-order valence-corrected chi connectivity index (χ1v) is 15.5. The van der Waals surface area contributed by atoms with Crippen molar-refractivity contribution < 1.29 is 58.8 Å². The van der Waals surface area contributed by atoms with Crippen LogP contribution in [0.4, 0.5) is 0 Å². The summed E-state index contributed by atoms with van der Waals surface area (Å²) in [6, 6.07) is 7.37. The molecule has 7 rings (SSSR count). The van der Waals surface area contributed by atoms with Crippen LogP contribution in [-0.4, -0.2) is 143 Å². The molecule has 1 unspecified atom stereocenters. The molecule has 7 bridgehead atoms. The van der Waals surface area contributed by atoms with Crippen LogP contribution in [0.2, 0.25) is 0 Å². The summed E-state index contributed by atoms with van der Waals surface area (Å²) in [6.07, 6.45) is -8.41. The van der Waals surface area contributed by atoms with Crippen molar-refractivity contribution in [3.8, 4) is 0 Å². The van der Waals surface area contributed by atoms with Gasteiger partial charge in [-0.3, -0.25) is 4.79 Å². The third-order valence-corrected chi connectivity index (χ3v) is 12.7. The van der Waals surface area contributed by atoms with E-state index in [0.717, 1.165) is 6.92 Å². The minimum atomic E-state index is -2.16. The molecule has 1 aromatic carbocycles. The van der Waals surface area contributed by atoms with Crippen molar-refractivity contribution in [1.82, 2.24) is 4.90 Å². The van der Waals surface area contributed by atoms with Crippen LogP contribution >= 0.6 is 0 Å². The number of rotatable bonds is 7. The topological polar surface area (TPSA) is 185 Å². The van der Waals surface area contributed by atoms with Crippen molar-refractivity contribution in [1.29, 1.82) is 0 Å². The monoisotopic (exact) mass is 633 g/mol. The summed E-state index contributed by atoms with van der Waals surface area (Å²) in [6.45, 7) is 1.46. The molecule has 6 fully saturated rings. The van der Waals surface area contributed by atoms with Gasteiger partial charge in [0.1, 0.15) is 23.9 Å². The smallest absolute Gasteiger partial charge is 0.338 e. The fourth-order valence-corrected chi connectivity index (χ4v) is 12.0. The SMILES string of the molecule is COC[C@@]12CN(C)C3[C@H]4[C@@H](O)[C@@H]1[C@]3([C@H](OC)C[C@@H]2O)[C@@]1(O)C[C@@]2(O)[C@@H](OC)[C@@H](O)[C@]4(OC(C)=O)[C@@H]1[C@@H]2OC(=O)c1ccccc1. The maximum atomic E-state index is 13.6. The van der Waals surface area contributed by atoms with Crippen LogP contribution in [0.3, 0.4) is 0 Å². The Morgan fingerprint density at radius 3 is 2.29 bits per heavy atom. The lowest BCUT2D eigenvalue weighted by atomic mass is 9.40. The summed E-state index contributed by atoms with van der Waals surface area (Å²) in [5, 5.41) is 62.8. The number of aliphatic hydroxyl groups is 5. The fraction of sp³-hybridized carbons (Fsp3) is 0.750. The van der Waals surface area contributed by atoms with E-state index in [9.17, 15) is 35.1 Å². The Morgan fingerprint density at radius 2 is 1.69 bits per heavy atom. The normalized spacial score (nSPS) is 52.4. The molecule has 0 aromatic heterocycles. The van der Waals surface area contributed by atoms with E-state index in [1.165, 1.54) is 21.3 Å². The second kappa shape index (κ2) is 9.91. The predicted molar refractivity (Wildman–Crippen MR) is 153 cm³/mol. The van der Waals surface area contributed by atoms with E-state index in [1.54, 1.807) is 37.4 Å². The van der Waals surface area contributed by atoms with E-state index in [2.05, 4.69) is 0 Å². The first-order valence-electron chi connectivity index (χ1n) is 15.5. The van der Waals surface area contributed by atoms with Crippen molar-refractivity contribution >= 4 is 11.9 Å². The summed E-state index contributed by atoms with van der Waals surface area (Å²) in [4.78, 5) is 28.6. The highest BCUT2D eigenvalue weighted by molar-refractivity contribution is 5.89. The molecular formula is C32H43NO12. The molecule has 45 heavy (non-hydrogen) atoms. The van der Waals surface area contributed by atoms with Gasteiger partial charge in [0.05, 0.1) is 42.0 Å². The number of ether oxygens (including phenoxy) is 5. The molecule has 1 aromatic rings. The van der Waals surface area contributed by atoms with Crippen LogP contribution in [-0.2, 0) is 28.5 Å². The van der Waals surface area contributed by atoms with Gasteiger partial charge in [-0.2, -0.15) is 0 Å². The lowest BCUT2D eigenvalue weighted by Crippen LogP contribution is -2.85. The number of carbonyl (C=O) groups is 2. The van der Waals surface area contributed by atoms with E-state index >= 15 is 0 Å². The van der Waals surface area contributed by atoms with Crippen LogP contribution in [0.5, 0.6) is 0 Å². The number of hydrogen-bond donors (Lipinski definition) is 5. The number of esters is 2. The van der Waals surface area contributed by atoms with E-state index in [1.807, 2.05) is 4.90 Å². The van der Waals surface area contributed by atoms with Crippen molar-refractivity contribution in [2.75, 3.05) is 41.5 Å². The third-order valence-electron chi connectivity index (χ3n) is 12.7. The van der Waals surface area contributed by atoms with Gasteiger partial charge in [0.25, 0.3) is 0 Å². The van der Waals surface area contributed by atoms with Crippen LogP contribution < -0.4 is 0 Å². The maximum Gasteiger partial charge on any atom is 0.338 e. The third kappa shape index (κ3) is 3.34. The Labute approximate surface area is 261 Å². The summed E-state index contributed by atoms with van der Waals surface area (Å²) in [7, 11) is 6.04. The van der Waals surface area contributed by atoms with E-state index in [0.29, 0.717) is 0 Å². The first-order chi connectivity index (χ1) is 21.3. The highest BCUT2D eigenvalue weighted by Crippen LogP contribution is 2.81. The minimum absolute atomic E-state index is 0.0269. The van der Waals surface area contributed by atoms with Crippen LogP contribution in [0.1, 0.15) is 30.1 Å². The first kappa shape index (κ1) is 31.4. The summed E-state index contributed by atoms with van der Waals surface area (Å²) < 4.78 is 29.9. The highest BCUT2D eigenvalue weighted by Gasteiger charge is 2.96. The second-order valence-electron chi connectivity index (χ2n) is 14.2. The van der Waals surface area contributed by atoms with Crippen molar-refractivity contribution in [3.63, 3.8) is 0 Å². The molecule has 1 spiro atoms. The lowest BCUT2D eigenvalue weighted by molar-refractivity contribution is -0.353. The van der Waals surface area contributed by atoms with Gasteiger partial charge in [-0.05, 0) is 19.2 Å². The van der Waals surface area contributed by atoms with Crippen molar-refractivity contribution in [2.45, 2.75) is 79.2 Å². The number of likely N-dealkylation sites (tertiary alicyclic amines) is 1. The molecule has 0 amide bonds. The summed E-state index contributed by atoms with van der Waals surface area (Å²) in [5.74, 6) is -5.00. The Morgan fingerprint density at radius 1 is 1.00 bits per heavy atom. The zero-order valence-corrected chi connectivity index (χ0v) is 26.0. The second-order valence-corrected chi connectivity index (χ2v) is 14.2. The maximum absolute atomic E-state index is 13.6. The van der Waals surface area contributed by atoms with Gasteiger partial charge in [0.2, 0.25) is 0 Å². The molecule has 1 aliphatic heterocycles. The molecule has 13 nitrogen and oxygen atoms in total. The molecule has 0 radical (unpaired) electrons. The predicted octanol–water partition coefficient (Wildman–Crippen LogP) is -1.28. The van der Waals surface area contributed by atoms with Gasteiger partial charge in [0, 0.05) is 76.3 Å². The van der Waals surface area contributed by atoms with Gasteiger partial charge < -0.3 is 54.1 Å². The Kier molecular flexibility index (Phi) is 6.91. The van der Waals surface area contributed by atoms with E-state index in [-0.39, 0.29) is 25.1 Å². The molecule has 5 saturated carbocycles. The fourth-order valence-electron chi connectivity index (χ4n) is 12.0. The Bertz CT molecular complexity index is 1380. The number of fused-ring (bicyclic) bond motifs is 2. The minimum Gasteiger partial charge on any atom is -0.455 e.